The quantitative estimate of drug-likeness (QED) is 0.466. The summed E-state index contributed by atoms with van der Waals surface area (Å²) in [5, 5.41) is 0. The van der Waals surface area contributed by atoms with Crippen molar-refractivity contribution in [2.75, 3.05) is 26.2 Å². The number of nitrogens with zero attached hydrogens (tertiary/aromatic N) is 3. The maximum atomic E-state index is 14.0. The number of halogens is 1. The van der Waals surface area contributed by atoms with Gasteiger partial charge in [-0.1, -0.05) is 0 Å². The maximum Gasteiger partial charge on any atom is 0.226 e. The number of rotatable bonds is 8. The number of oxazole rings is 1. The molecule has 158 valence electrons. The third-order valence-corrected chi connectivity index (χ3v) is 6.10. The molecule has 29 heavy (non-hydrogen) atoms. The van der Waals surface area contributed by atoms with Gasteiger partial charge in [0.25, 0.3) is 0 Å². The van der Waals surface area contributed by atoms with Gasteiger partial charge in [-0.3, -0.25) is 4.90 Å². The smallest absolute Gasteiger partial charge is 0.226 e. The van der Waals surface area contributed by atoms with Crippen LogP contribution in [-0.4, -0.2) is 53.4 Å². The molecule has 2 unspecified atom stereocenters. The molecular weight excluding hydrogens is 369 g/mol. The molecule has 2 saturated heterocycles. The maximum absolute atomic E-state index is 14.0. The number of aromatic nitrogens is 1. The van der Waals surface area contributed by atoms with Crippen LogP contribution >= 0.6 is 0 Å². The number of likely N-dealkylation sites (tertiary alicyclic amines) is 2. The van der Waals surface area contributed by atoms with E-state index in [-0.39, 0.29) is 0 Å². The first-order chi connectivity index (χ1) is 14.2. The molecule has 0 spiro atoms. The first-order valence-corrected chi connectivity index (χ1v) is 11.0. The predicted octanol–water partition coefficient (Wildman–Crippen LogP) is 4.88. The average Bonchev–Trinajstić information content (AvgIpc) is 3.37. The van der Waals surface area contributed by atoms with Gasteiger partial charge in [0.2, 0.25) is 5.89 Å². The number of piperidine rings is 1. The van der Waals surface area contributed by atoms with Crippen LogP contribution in [0.5, 0.6) is 5.75 Å². The van der Waals surface area contributed by atoms with E-state index in [1.807, 2.05) is 29.2 Å². The van der Waals surface area contributed by atoms with Crippen LogP contribution in [0.3, 0.4) is 0 Å². The van der Waals surface area contributed by atoms with E-state index >= 15 is 0 Å². The number of hydrogen-bond donors (Lipinski definition) is 0. The summed E-state index contributed by atoms with van der Waals surface area (Å²) < 4.78 is 25.5. The molecule has 0 N–H and O–H groups in total. The summed E-state index contributed by atoms with van der Waals surface area (Å²) in [6.45, 7) is 6.65. The van der Waals surface area contributed by atoms with Crippen LogP contribution in [0.2, 0.25) is 0 Å². The van der Waals surface area contributed by atoms with Gasteiger partial charge in [-0.05, 0) is 76.3 Å². The van der Waals surface area contributed by atoms with Crippen LogP contribution in [-0.2, 0) is 6.54 Å². The fourth-order valence-corrected chi connectivity index (χ4v) is 4.33. The van der Waals surface area contributed by atoms with Gasteiger partial charge in [-0.25, -0.2) is 9.37 Å². The van der Waals surface area contributed by atoms with Crippen LogP contribution in [0.15, 0.2) is 34.9 Å². The largest absolute Gasteiger partial charge is 0.494 e. The molecule has 1 aromatic carbocycles. The van der Waals surface area contributed by atoms with Crippen LogP contribution in [0.25, 0.3) is 11.5 Å². The Morgan fingerprint density at radius 2 is 1.93 bits per heavy atom. The van der Waals surface area contributed by atoms with Crippen LogP contribution < -0.4 is 4.74 Å². The molecule has 2 atom stereocenters. The minimum absolute atomic E-state index is 0.501. The van der Waals surface area contributed by atoms with E-state index in [0.717, 1.165) is 56.0 Å². The van der Waals surface area contributed by atoms with Crippen molar-refractivity contribution in [3.05, 3.63) is 36.2 Å². The van der Waals surface area contributed by atoms with E-state index in [9.17, 15) is 4.39 Å². The molecule has 1 aromatic heterocycles. The second kappa shape index (κ2) is 9.72. The molecular formula is C23H32FN3O2. The van der Waals surface area contributed by atoms with Gasteiger partial charge < -0.3 is 14.1 Å². The number of benzene rings is 1. The summed E-state index contributed by atoms with van der Waals surface area (Å²) in [7, 11) is 0. The molecule has 5 nitrogen and oxygen atoms in total. The first-order valence-electron chi connectivity index (χ1n) is 11.0. The lowest BCUT2D eigenvalue weighted by molar-refractivity contribution is 0.0389. The molecule has 0 radical (unpaired) electrons. The lowest BCUT2D eigenvalue weighted by atomic mass is 10.1. The minimum atomic E-state index is -0.867. The fourth-order valence-electron chi connectivity index (χ4n) is 4.33. The Kier molecular flexibility index (Phi) is 6.82. The normalized spacial score (nSPS) is 23.5. The zero-order valence-electron chi connectivity index (χ0n) is 17.4. The molecule has 0 saturated carbocycles. The highest BCUT2D eigenvalue weighted by atomic mass is 19.1. The zero-order chi connectivity index (χ0) is 20.1. The van der Waals surface area contributed by atoms with Gasteiger partial charge in [0, 0.05) is 31.2 Å². The van der Waals surface area contributed by atoms with E-state index in [2.05, 4.69) is 16.8 Å². The highest BCUT2D eigenvalue weighted by Crippen LogP contribution is 2.25. The molecule has 0 bridgehead atoms. The minimum Gasteiger partial charge on any atom is -0.494 e. The highest BCUT2D eigenvalue weighted by molar-refractivity contribution is 5.54. The Balaban J connectivity index is 1.25. The van der Waals surface area contributed by atoms with Crippen molar-refractivity contribution in [2.45, 2.75) is 64.3 Å². The van der Waals surface area contributed by atoms with Crippen LogP contribution in [0.4, 0.5) is 4.39 Å². The Labute approximate surface area is 172 Å². The van der Waals surface area contributed by atoms with Crippen molar-refractivity contribution < 1.29 is 13.5 Å². The number of ether oxygens (including phenoxy) is 1. The van der Waals surface area contributed by atoms with Gasteiger partial charge in [-0.2, -0.15) is 0 Å². The average molecular weight is 402 g/mol. The van der Waals surface area contributed by atoms with Crippen LogP contribution in [0.1, 0.15) is 51.1 Å². The topological polar surface area (TPSA) is 41.7 Å². The van der Waals surface area contributed by atoms with E-state index in [4.69, 9.17) is 9.15 Å². The first kappa shape index (κ1) is 20.4. The lowest BCUT2D eigenvalue weighted by Gasteiger charge is -2.29. The van der Waals surface area contributed by atoms with Crippen molar-refractivity contribution in [2.24, 2.45) is 0 Å². The van der Waals surface area contributed by atoms with Crippen molar-refractivity contribution in [3.63, 3.8) is 0 Å². The Morgan fingerprint density at radius 1 is 1.10 bits per heavy atom. The van der Waals surface area contributed by atoms with Gasteiger partial charge in [0.15, 0.2) is 6.30 Å². The predicted molar refractivity (Wildman–Crippen MR) is 111 cm³/mol. The molecule has 2 aliphatic heterocycles. The molecule has 4 rings (SSSR count). The number of alkyl halides is 1. The van der Waals surface area contributed by atoms with Gasteiger partial charge >= 0.3 is 0 Å². The Morgan fingerprint density at radius 3 is 2.69 bits per heavy atom. The molecule has 0 amide bonds. The third-order valence-electron chi connectivity index (χ3n) is 6.10. The van der Waals surface area contributed by atoms with Crippen molar-refractivity contribution >= 4 is 0 Å². The summed E-state index contributed by atoms with van der Waals surface area (Å²) >= 11 is 0. The van der Waals surface area contributed by atoms with E-state index in [1.165, 1.54) is 19.4 Å². The summed E-state index contributed by atoms with van der Waals surface area (Å²) in [6.07, 6.45) is 7.08. The van der Waals surface area contributed by atoms with Gasteiger partial charge in [0.1, 0.15) is 12.0 Å². The molecule has 3 heterocycles. The third kappa shape index (κ3) is 5.37. The lowest BCUT2D eigenvalue weighted by Crippen LogP contribution is -2.35. The second-order valence-corrected chi connectivity index (χ2v) is 8.30. The Hall–Kier alpha value is -1.92. The molecule has 2 aromatic rings. The second-order valence-electron chi connectivity index (χ2n) is 8.30. The highest BCUT2D eigenvalue weighted by Gasteiger charge is 2.23. The van der Waals surface area contributed by atoms with E-state index in [0.29, 0.717) is 24.9 Å². The van der Waals surface area contributed by atoms with Crippen molar-refractivity contribution in [1.82, 2.24) is 14.8 Å². The van der Waals surface area contributed by atoms with Crippen LogP contribution in [0, 0.1) is 0 Å². The van der Waals surface area contributed by atoms with Crippen molar-refractivity contribution in [3.8, 4) is 17.2 Å². The van der Waals surface area contributed by atoms with E-state index in [1.54, 1.807) is 6.26 Å². The standard InChI is InChI=1S/C23H32FN3O2/c1-18-6-4-13-26(18)14-5-15-28-21-10-8-19(9-11-21)23-25-20(17-29-23)16-27-12-3-2-7-22(27)24/h8-11,17-18,22H,2-7,12-16H2,1H3. The summed E-state index contributed by atoms with van der Waals surface area (Å²) in [6, 6.07) is 8.56. The SMILES string of the molecule is CC1CCCN1CCCOc1ccc(-c2nc(CN3CCCCC3F)co2)cc1. The molecule has 2 fully saturated rings. The number of hydrogen-bond acceptors (Lipinski definition) is 5. The van der Waals surface area contributed by atoms with Gasteiger partial charge in [-0.15, -0.1) is 0 Å². The zero-order valence-corrected chi connectivity index (χ0v) is 17.4. The summed E-state index contributed by atoms with van der Waals surface area (Å²) in [5.74, 6) is 1.44. The van der Waals surface area contributed by atoms with E-state index < -0.39 is 6.30 Å². The van der Waals surface area contributed by atoms with Crippen molar-refractivity contribution in [1.29, 1.82) is 0 Å². The van der Waals surface area contributed by atoms with Gasteiger partial charge in [0.05, 0.1) is 12.3 Å². The monoisotopic (exact) mass is 401 g/mol. The Bertz CT molecular complexity index is 764. The molecule has 0 aliphatic carbocycles. The summed E-state index contributed by atoms with van der Waals surface area (Å²) in [4.78, 5) is 8.93. The summed E-state index contributed by atoms with van der Waals surface area (Å²) in [5.41, 5.74) is 1.69. The molecule has 6 heteroatoms. The fraction of sp³-hybridized carbons (Fsp3) is 0.609. The molecule has 2 aliphatic rings.